The maximum absolute atomic E-state index is 5.87. The predicted octanol–water partition coefficient (Wildman–Crippen LogP) is 1.93. The fourth-order valence-electron chi connectivity index (χ4n) is 1.61. The topological polar surface area (TPSA) is 78.0 Å². The smallest absolute Gasteiger partial charge is 0.244 e. The lowest BCUT2D eigenvalue weighted by Gasteiger charge is -2.05. The number of methoxy groups -OCH3 is 1. The van der Waals surface area contributed by atoms with Gasteiger partial charge in [0.1, 0.15) is 5.75 Å². The quantitative estimate of drug-likeness (QED) is 0.859. The molecule has 6 nitrogen and oxygen atoms in total. The summed E-state index contributed by atoms with van der Waals surface area (Å²) in [5, 5.41) is 7.49. The first-order chi connectivity index (χ1) is 9.10. The highest BCUT2D eigenvalue weighted by Crippen LogP contribution is 2.17. The van der Waals surface area contributed by atoms with Gasteiger partial charge in [0.05, 0.1) is 12.8 Å². The van der Waals surface area contributed by atoms with E-state index in [2.05, 4.69) is 29.2 Å². The molecule has 0 fully saturated rings. The molecule has 0 aliphatic carbocycles. The summed E-state index contributed by atoms with van der Waals surface area (Å²) in [5.74, 6) is 2.22. The van der Waals surface area contributed by atoms with Gasteiger partial charge in [-0.2, -0.15) is 9.67 Å². The Morgan fingerprint density at radius 3 is 2.58 bits per heavy atom. The highest BCUT2D eigenvalue weighted by atomic mass is 16.5. The van der Waals surface area contributed by atoms with Crippen LogP contribution in [0, 0.1) is 5.92 Å². The molecular formula is C13H19N5O. The molecule has 0 bridgehead atoms. The van der Waals surface area contributed by atoms with Crippen LogP contribution in [0.25, 0.3) is 5.69 Å². The number of benzene rings is 1. The average Bonchev–Trinajstić information content (AvgIpc) is 2.78. The van der Waals surface area contributed by atoms with Crippen molar-refractivity contribution in [2.45, 2.75) is 13.8 Å². The van der Waals surface area contributed by atoms with E-state index in [0.29, 0.717) is 17.8 Å². The molecule has 19 heavy (non-hydrogen) atoms. The van der Waals surface area contributed by atoms with Crippen LogP contribution in [-0.2, 0) is 0 Å². The number of nitrogens with one attached hydrogen (secondary N) is 1. The van der Waals surface area contributed by atoms with E-state index >= 15 is 0 Å². The molecule has 2 aromatic rings. The van der Waals surface area contributed by atoms with Gasteiger partial charge in [-0.25, -0.2) is 0 Å². The van der Waals surface area contributed by atoms with Gasteiger partial charge in [-0.1, -0.05) is 13.8 Å². The van der Waals surface area contributed by atoms with Crippen LogP contribution in [0.4, 0.5) is 11.9 Å². The van der Waals surface area contributed by atoms with Crippen LogP contribution in [0.3, 0.4) is 0 Å². The van der Waals surface area contributed by atoms with Crippen molar-refractivity contribution in [2.24, 2.45) is 5.92 Å². The van der Waals surface area contributed by atoms with Crippen LogP contribution in [0.5, 0.6) is 5.75 Å². The number of anilines is 2. The second-order valence-electron chi connectivity index (χ2n) is 4.68. The Labute approximate surface area is 112 Å². The predicted molar refractivity (Wildman–Crippen MR) is 75.7 cm³/mol. The number of ether oxygens (including phenoxy) is 1. The van der Waals surface area contributed by atoms with Gasteiger partial charge in [0, 0.05) is 6.54 Å². The molecule has 1 aromatic carbocycles. The molecule has 1 heterocycles. The maximum atomic E-state index is 5.87. The van der Waals surface area contributed by atoms with E-state index in [9.17, 15) is 0 Å². The van der Waals surface area contributed by atoms with Crippen LogP contribution in [0.15, 0.2) is 24.3 Å². The largest absolute Gasteiger partial charge is 0.497 e. The molecule has 2 rings (SSSR count). The molecular weight excluding hydrogens is 242 g/mol. The van der Waals surface area contributed by atoms with Gasteiger partial charge < -0.3 is 15.8 Å². The van der Waals surface area contributed by atoms with Crippen molar-refractivity contribution in [3.05, 3.63) is 24.3 Å². The molecule has 0 spiro atoms. The van der Waals surface area contributed by atoms with E-state index in [1.807, 2.05) is 24.3 Å². The zero-order valence-corrected chi connectivity index (χ0v) is 11.4. The molecule has 0 radical (unpaired) electrons. The zero-order chi connectivity index (χ0) is 13.8. The highest BCUT2D eigenvalue weighted by molar-refractivity contribution is 5.43. The molecule has 102 valence electrons. The lowest BCUT2D eigenvalue weighted by molar-refractivity contribution is 0.414. The van der Waals surface area contributed by atoms with Gasteiger partial charge in [-0.05, 0) is 30.2 Å². The van der Waals surface area contributed by atoms with Crippen molar-refractivity contribution in [2.75, 3.05) is 24.7 Å². The van der Waals surface area contributed by atoms with Gasteiger partial charge in [0.25, 0.3) is 0 Å². The van der Waals surface area contributed by atoms with Crippen LogP contribution in [-0.4, -0.2) is 28.4 Å². The SMILES string of the molecule is COc1ccc(-n2nc(NCC(C)C)nc2N)cc1. The second-order valence-corrected chi connectivity index (χ2v) is 4.68. The van der Waals surface area contributed by atoms with Crippen molar-refractivity contribution in [3.8, 4) is 11.4 Å². The molecule has 1 aromatic heterocycles. The van der Waals surface area contributed by atoms with Crippen LogP contribution >= 0.6 is 0 Å². The minimum atomic E-state index is 0.358. The first-order valence-corrected chi connectivity index (χ1v) is 6.21. The zero-order valence-electron chi connectivity index (χ0n) is 11.4. The van der Waals surface area contributed by atoms with E-state index in [1.54, 1.807) is 11.8 Å². The number of rotatable bonds is 5. The molecule has 3 N–H and O–H groups in total. The third-order valence-electron chi connectivity index (χ3n) is 2.62. The summed E-state index contributed by atoms with van der Waals surface area (Å²) in [7, 11) is 1.63. The number of hydrogen-bond donors (Lipinski definition) is 2. The summed E-state index contributed by atoms with van der Waals surface area (Å²) in [4.78, 5) is 4.19. The van der Waals surface area contributed by atoms with E-state index in [0.717, 1.165) is 18.0 Å². The minimum Gasteiger partial charge on any atom is -0.497 e. The lowest BCUT2D eigenvalue weighted by Crippen LogP contribution is -2.09. The van der Waals surface area contributed by atoms with Crippen molar-refractivity contribution < 1.29 is 4.74 Å². The number of nitrogens with zero attached hydrogens (tertiary/aromatic N) is 3. The number of nitrogen functional groups attached to an aromatic ring is 1. The van der Waals surface area contributed by atoms with Crippen LogP contribution in [0.2, 0.25) is 0 Å². The second kappa shape index (κ2) is 5.60. The summed E-state index contributed by atoms with van der Waals surface area (Å²) < 4.78 is 6.72. The number of aromatic nitrogens is 3. The molecule has 0 amide bonds. The van der Waals surface area contributed by atoms with E-state index in [1.165, 1.54) is 0 Å². The fourth-order valence-corrected chi connectivity index (χ4v) is 1.61. The summed E-state index contributed by atoms with van der Waals surface area (Å²) in [5.41, 5.74) is 6.72. The number of nitrogens with two attached hydrogens (primary N) is 1. The van der Waals surface area contributed by atoms with Crippen molar-refractivity contribution in [1.29, 1.82) is 0 Å². The lowest BCUT2D eigenvalue weighted by atomic mass is 10.2. The Balaban J connectivity index is 2.19. The molecule has 0 atom stereocenters. The first-order valence-electron chi connectivity index (χ1n) is 6.21. The molecule has 6 heteroatoms. The van der Waals surface area contributed by atoms with Gasteiger partial charge in [-0.3, -0.25) is 0 Å². The monoisotopic (exact) mass is 261 g/mol. The molecule has 0 aliphatic heterocycles. The fraction of sp³-hybridized carbons (Fsp3) is 0.385. The molecule has 0 aliphatic rings. The molecule has 0 saturated carbocycles. The van der Waals surface area contributed by atoms with Gasteiger partial charge >= 0.3 is 0 Å². The first kappa shape index (κ1) is 13.2. The van der Waals surface area contributed by atoms with E-state index in [-0.39, 0.29) is 0 Å². The van der Waals surface area contributed by atoms with E-state index in [4.69, 9.17) is 10.5 Å². The summed E-state index contributed by atoms with van der Waals surface area (Å²) in [6, 6.07) is 7.49. The Bertz CT molecular complexity index is 532. The Hall–Kier alpha value is -2.24. The normalized spacial score (nSPS) is 10.7. The maximum Gasteiger partial charge on any atom is 0.244 e. The Morgan fingerprint density at radius 2 is 2.00 bits per heavy atom. The summed E-state index contributed by atoms with van der Waals surface area (Å²) in [6.07, 6.45) is 0. The Kier molecular flexibility index (Phi) is 3.89. The van der Waals surface area contributed by atoms with Gasteiger partial charge in [0.15, 0.2) is 0 Å². The molecule has 0 unspecified atom stereocenters. The van der Waals surface area contributed by atoms with Gasteiger partial charge in [0.2, 0.25) is 11.9 Å². The standard InChI is InChI=1S/C13H19N5O/c1-9(2)8-15-13-16-12(14)18(17-13)10-4-6-11(19-3)7-5-10/h4-7,9H,8H2,1-3H3,(H3,14,15,16,17). The van der Waals surface area contributed by atoms with E-state index < -0.39 is 0 Å². The average molecular weight is 261 g/mol. The summed E-state index contributed by atoms with van der Waals surface area (Å²) >= 11 is 0. The highest BCUT2D eigenvalue weighted by Gasteiger charge is 2.08. The van der Waals surface area contributed by atoms with Crippen molar-refractivity contribution >= 4 is 11.9 Å². The number of hydrogen-bond acceptors (Lipinski definition) is 5. The van der Waals surface area contributed by atoms with Crippen LogP contribution < -0.4 is 15.8 Å². The van der Waals surface area contributed by atoms with Crippen LogP contribution in [0.1, 0.15) is 13.8 Å². The minimum absolute atomic E-state index is 0.358. The van der Waals surface area contributed by atoms with Gasteiger partial charge in [-0.15, -0.1) is 5.10 Å². The third-order valence-corrected chi connectivity index (χ3v) is 2.62. The Morgan fingerprint density at radius 1 is 1.32 bits per heavy atom. The third kappa shape index (κ3) is 3.15. The molecule has 0 saturated heterocycles. The summed E-state index contributed by atoms with van der Waals surface area (Å²) in [6.45, 7) is 5.06. The van der Waals surface area contributed by atoms with Crippen molar-refractivity contribution in [1.82, 2.24) is 14.8 Å². The van der Waals surface area contributed by atoms with Crippen molar-refractivity contribution in [3.63, 3.8) is 0 Å².